The summed E-state index contributed by atoms with van der Waals surface area (Å²) in [5.41, 5.74) is 1.21. The summed E-state index contributed by atoms with van der Waals surface area (Å²) in [5, 5.41) is 0. The Bertz CT molecular complexity index is 1120. The van der Waals surface area contributed by atoms with E-state index in [9.17, 15) is 4.79 Å². The van der Waals surface area contributed by atoms with Gasteiger partial charge in [0.15, 0.2) is 5.79 Å². The molecule has 10 atom stereocenters. The van der Waals surface area contributed by atoms with Crippen molar-refractivity contribution < 1.29 is 19.0 Å². The van der Waals surface area contributed by atoms with Crippen LogP contribution in [0.4, 0.5) is 0 Å². The monoisotopic (exact) mass is 576 g/mol. The van der Waals surface area contributed by atoms with Gasteiger partial charge in [0, 0.05) is 18.8 Å². The fourth-order valence-electron chi connectivity index (χ4n) is 11.0. The Balaban J connectivity index is 1.29. The summed E-state index contributed by atoms with van der Waals surface area (Å²) in [7, 11) is 0. The first-order valence-corrected chi connectivity index (χ1v) is 17.3. The molecule has 6 unspecified atom stereocenters. The van der Waals surface area contributed by atoms with Crippen LogP contribution >= 0.6 is 0 Å². The first-order chi connectivity index (χ1) is 20.1. The van der Waals surface area contributed by atoms with Crippen LogP contribution in [-0.4, -0.2) is 31.1 Å². The Morgan fingerprint density at radius 2 is 1.67 bits per heavy atom. The van der Waals surface area contributed by atoms with Crippen molar-refractivity contribution in [3.63, 3.8) is 0 Å². The van der Waals surface area contributed by atoms with Gasteiger partial charge in [-0.15, -0.1) is 0 Å². The summed E-state index contributed by atoms with van der Waals surface area (Å²) in [6.07, 6.45) is 15.4. The molecule has 4 heteroatoms. The van der Waals surface area contributed by atoms with Crippen LogP contribution in [0.5, 0.6) is 0 Å². The van der Waals surface area contributed by atoms with Gasteiger partial charge in [0.25, 0.3) is 0 Å². The SMILES string of the molecule is CCC(/C=C/C(C)[C@H]1CCC2C3C(OC(=O)c4ccccc4)C[C@H]4CC5(CC[C@]4(C)C3CC[C@@]21C)OCCO5)C(C)C. The highest BCUT2D eigenvalue weighted by atomic mass is 16.7. The van der Waals surface area contributed by atoms with Gasteiger partial charge in [-0.25, -0.2) is 4.79 Å². The molecule has 1 aromatic rings. The number of hydrogen-bond acceptors (Lipinski definition) is 4. The first kappa shape index (κ1) is 30.4. The van der Waals surface area contributed by atoms with Crippen LogP contribution in [0, 0.1) is 58.2 Å². The molecule has 5 fully saturated rings. The zero-order valence-corrected chi connectivity index (χ0v) is 27.1. The van der Waals surface area contributed by atoms with E-state index in [0.717, 1.165) is 25.7 Å². The van der Waals surface area contributed by atoms with Crippen LogP contribution in [0.15, 0.2) is 42.5 Å². The third kappa shape index (κ3) is 5.21. The number of esters is 1. The van der Waals surface area contributed by atoms with Crippen molar-refractivity contribution in [3.05, 3.63) is 48.0 Å². The minimum Gasteiger partial charge on any atom is -0.458 e. The van der Waals surface area contributed by atoms with Crippen molar-refractivity contribution in [2.75, 3.05) is 13.2 Å². The summed E-state index contributed by atoms with van der Waals surface area (Å²) < 4.78 is 19.1. The largest absolute Gasteiger partial charge is 0.458 e. The van der Waals surface area contributed by atoms with Crippen LogP contribution in [0.1, 0.15) is 110 Å². The lowest BCUT2D eigenvalue weighted by atomic mass is 9.43. The summed E-state index contributed by atoms with van der Waals surface area (Å²) in [4.78, 5) is 13.6. The van der Waals surface area contributed by atoms with Gasteiger partial charge in [-0.1, -0.05) is 71.9 Å². The molecule has 6 rings (SSSR count). The molecule has 1 saturated heterocycles. The van der Waals surface area contributed by atoms with Crippen molar-refractivity contribution in [1.82, 2.24) is 0 Å². The van der Waals surface area contributed by atoms with Crippen LogP contribution in [0.2, 0.25) is 0 Å². The van der Waals surface area contributed by atoms with E-state index < -0.39 is 5.79 Å². The van der Waals surface area contributed by atoms with E-state index >= 15 is 0 Å². The normalized spacial score (nSPS) is 40.5. The number of fused-ring (bicyclic) bond motifs is 5. The van der Waals surface area contributed by atoms with Crippen molar-refractivity contribution in [2.45, 2.75) is 111 Å². The summed E-state index contributed by atoms with van der Waals surface area (Å²) >= 11 is 0. The average Bonchev–Trinajstić information content (AvgIpc) is 3.58. The number of carbonyl (C=O) groups excluding carboxylic acids is 1. The number of hydrogen-bond donors (Lipinski definition) is 0. The highest BCUT2D eigenvalue weighted by Crippen LogP contribution is 2.69. The zero-order valence-electron chi connectivity index (χ0n) is 27.1. The number of benzene rings is 1. The molecular formula is C38H56O4. The van der Waals surface area contributed by atoms with Gasteiger partial charge >= 0.3 is 5.97 Å². The molecule has 5 aliphatic rings. The Hall–Kier alpha value is -1.65. The molecule has 1 spiro atoms. The molecule has 42 heavy (non-hydrogen) atoms. The Morgan fingerprint density at radius 1 is 0.952 bits per heavy atom. The van der Waals surface area contributed by atoms with Gasteiger partial charge in [-0.2, -0.15) is 0 Å². The number of carbonyl (C=O) groups is 1. The number of rotatable bonds is 7. The van der Waals surface area contributed by atoms with E-state index in [4.69, 9.17) is 14.2 Å². The van der Waals surface area contributed by atoms with Crippen molar-refractivity contribution in [1.29, 1.82) is 0 Å². The van der Waals surface area contributed by atoms with Gasteiger partial charge in [0.1, 0.15) is 6.10 Å². The maximum absolute atomic E-state index is 13.6. The Morgan fingerprint density at radius 3 is 2.36 bits per heavy atom. The fourth-order valence-corrected chi connectivity index (χ4v) is 11.0. The molecule has 0 N–H and O–H groups in total. The minimum atomic E-state index is -0.416. The molecule has 1 heterocycles. The van der Waals surface area contributed by atoms with E-state index in [-0.39, 0.29) is 17.5 Å². The molecule has 232 valence electrons. The molecule has 0 radical (unpaired) electrons. The minimum absolute atomic E-state index is 0.0445. The second kappa shape index (κ2) is 11.7. The van der Waals surface area contributed by atoms with E-state index in [1.165, 1.54) is 32.1 Å². The summed E-state index contributed by atoms with van der Waals surface area (Å²) in [6.45, 7) is 16.1. The van der Waals surface area contributed by atoms with Gasteiger partial charge in [-0.3, -0.25) is 0 Å². The second-order valence-electron chi connectivity index (χ2n) is 15.6. The van der Waals surface area contributed by atoms with Crippen LogP contribution in [-0.2, 0) is 14.2 Å². The van der Waals surface area contributed by atoms with E-state index in [2.05, 4.69) is 53.7 Å². The molecular weight excluding hydrogens is 520 g/mol. The standard InChI is InChI=1S/C38H56O4/c1-7-27(25(2)3)14-13-26(4)30-15-16-31-34-32(17-18-37(30,31)6)36(5)19-20-38(40-21-22-41-38)24-29(36)23-33(34)42-35(39)28-11-9-8-10-12-28/h8-14,25-27,29-34H,7,15-24H2,1-6H3/b14-13+/t26?,27?,29-,30+,31?,32?,33?,34?,36-,37+/m0/s1. The average molecular weight is 577 g/mol. The van der Waals surface area contributed by atoms with Gasteiger partial charge in [0.2, 0.25) is 0 Å². The lowest BCUT2D eigenvalue weighted by molar-refractivity contribution is -0.242. The van der Waals surface area contributed by atoms with Gasteiger partial charge < -0.3 is 14.2 Å². The van der Waals surface area contributed by atoms with Crippen molar-refractivity contribution >= 4 is 5.97 Å². The van der Waals surface area contributed by atoms with E-state index in [0.29, 0.717) is 71.5 Å². The molecule has 4 aliphatic carbocycles. The molecule has 4 saturated carbocycles. The van der Waals surface area contributed by atoms with Gasteiger partial charge in [0.05, 0.1) is 18.8 Å². The highest BCUT2D eigenvalue weighted by Gasteiger charge is 2.65. The fraction of sp³-hybridized carbons (Fsp3) is 0.763. The number of ether oxygens (including phenoxy) is 3. The van der Waals surface area contributed by atoms with E-state index in [1.807, 2.05) is 30.3 Å². The third-order valence-corrected chi connectivity index (χ3v) is 13.4. The molecule has 4 nitrogen and oxygen atoms in total. The predicted molar refractivity (Wildman–Crippen MR) is 168 cm³/mol. The first-order valence-electron chi connectivity index (χ1n) is 17.3. The quantitative estimate of drug-likeness (QED) is 0.240. The van der Waals surface area contributed by atoms with Crippen LogP contribution in [0.25, 0.3) is 0 Å². The zero-order chi connectivity index (χ0) is 29.7. The lowest BCUT2D eigenvalue weighted by Gasteiger charge is -2.63. The van der Waals surface area contributed by atoms with Crippen molar-refractivity contribution in [2.24, 2.45) is 58.2 Å². The van der Waals surface area contributed by atoms with Crippen molar-refractivity contribution in [3.8, 4) is 0 Å². The highest BCUT2D eigenvalue weighted by molar-refractivity contribution is 5.89. The lowest BCUT2D eigenvalue weighted by Crippen LogP contribution is -2.60. The smallest absolute Gasteiger partial charge is 0.338 e. The predicted octanol–water partition coefficient (Wildman–Crippen LogP) is 9.10. The molecule has 1 aliphatic heterocycles. The third-order valence-electron chi connectivity index (χ3n) is 13.4. The Labute approximate surface area is 255 Å². The summed E-state index contributed by atoms with van der Waals surface area (Å²) in [6, 6.07) is 9.63. The molecule has 0 bridgehead atoms. The second-order valence-corrected chi connectivity index (χ2v) is 15.6. The maximum Gasteiger partial charge on any atom is 0.338 e. The number of allylic oxidation sites excluding steroid dienone is 2. The maximum atomic E-state index is 13.6. The van der Waals surface area contributed by atoms with E-state index in [1.54, 1.807) is 0 Å². The Kier molecular flexibility index (Phi) is 8.46. The molecule has 1 aromatic carbocycles. The summed E-state index contributed by atoms with van der Waals surface area (Å²) in [5.74, 6) is 4.10. The van der Waals surface area contributed by atoms with Crippen LogP contribution < -0.4 is 0 Å². The molecule has 0 amide bonds. The van der Waals surface area contributed by atoms with Gasteiger partial charge in [-0.05, 0) is 109 Å². The van der Waals surface area contributed by atoms with Crippen LogP contribution in [0.3, 0.4) is 0 Å². The topological polar surface area (TPSA) is 44.8 Å². The molecule has 0 aromatic heterocycles.